The van der Waals surface area contributed by atoms with Crippen molar-refractivity contribution in [2.75, 3.05) is 5.75 Å². The highest BCUT2D eigenvalue weighted by Crippen LogP contribution is 2.45. The summed E-state index contributed by atoms with van der Waals surface area (Å²) in [5.74, 6) is 2.28. The van der Waals surface area contributed by atoms with Gasteiger partial charge in [-0.3, -0.25) is 4.79 Å². The van der Waals surface area contributed by atoms with Crippen LogP contribution in [0.3, 0.4) is 0 Å². The lowest BCUT2D eigenvalue weighted by atomic mass is 9.88. The Labute approximate surface area is 113 Å². The molecule has 1 aromatic carbocycles. The lowest BCUT2D eigenvalue weighted by Crippen LogP contribution is -2.48. The molecule has 2 heterocycles. The van der Waals surface area contributed by atoms with Crippen LogP contribution in [0.1, 0.15) is 42.6 Å². The number of hydrogen-bond acceptors (Lipinski definition) is 2. The summed E-state index contributed by atoms with van der Waals surface area (Å²) in [6.07, 6.45) is 0. The predicted octanol–water partition coefficient (Wildman–Crippen LogP) is 3.34. The van der Waals surface area contributed by atoms with Gasteiger partial charge in [0.2, 0.25) is 0 Å². The predicted molar refractivity (Wildman–Crippen MR) is 75.9 cm³/mol. The number of nitrogens with zero attached hydrogens (tertiary/aromatic N) is 1. The Morgan fingerprint density at radius 1 is 1.33 bits per heavy atom. The molecule has 18 heavy (non-hydrogen) atoms. The molecule has 0 bridgehead atoms. The van der Waals surface area contributed by atoms with Crippen molar-refractivity contribution in [1.82, 2.24) is 4.90 Å². The Morgan fingerprint density at radius 3 is 2.78 bits per heavy atom. The third-order valence-electron chi connectivity index (χ3n) is 4.18. The zero-order chi connectivity index (χ0) is 12.9. The Morgan fingerprint density at radius 2 is 2.06 bits per heavy atom. The fourth-order valence-electron chi connectivity index (χ4n) is 3.09. The molecule has 0 unspecified atom stereocenters. The smallest absolute Gasteiger partial charge is 0.255 e. The van der Waals surface area contributed by atoms with E-state index in [4.69, 9.17) is 0 Å². The third-order valence-corrected chi connectivity index (χ3v) is 5.69. The van der Waals surface area contributed by atoms with E-state index in [9.17, 15) is 4.79 Å². The maximum Gasteiger partial charge on any atom is 0.255 e. The molecule has 2 aliphatic heterocycles. The summed E-state index contributed by atoms with van der Waals surface area (Å²) in [5, 5.41) is 0.333. The highest BCUT2D eigenvalue weighted by molar-refractivity contribution is 8.00. The maximum absolute atomic E-state index is 12.7. The molecule has 1 aromatic rings. The van der Waals surface area contributed by atoms with E-state index in [2.05, 4.69) is 31.7 Å². The van der Waals surface area contributed by atoms with Crippen molar-refractivity contribution in [2.24, 2.45) is 5.92 Å². The number of carbonyl (C=O) groups excluding carboxylic acids is 1. The molecule has 2 nitrogen and oxygen atoms in total. The number of rotatable bonds is 1. The second-order valence-corrected chi connectivity index (χ2v) is 6.77. The van der Waals surface area contributed by atoms with Gasteiger partial charge in [-0.05, 0) is 17.5 Å². The van der Waals surface area contributed by atoms with Crippen molar-refractivity contribution < 1.29 is 4.79 Å². The Bertz CT molecular complexity index is 485. The van der Waals surface area contributed by atoms with Crippen LogP contribution in [0.2, 0.25) is 0 Å². The minimum atomic E-state index is 0.234. The first kappa shape index (κ1) is 12.1. The maximum atomic E-state index is 12.7. The van der Waals surface area contributed by atoms with Gasteiger partial charge in [-0.15, -0.1) is 11.8 Å². The summed E-state index contributed by atoms with van der Waals surface area (Å²) >= 11 is 1.94. The number of thioether (sulfide) groups is 1. The number of amides is 1. The zero-order valence-electron chi connectivity index (χ0n) is 11.1. The van der Waals surface area contributed by atoms with Crippen LogP contribution in [0, 0.1) is 5.92 Å². The van der Waals surface area contributed by atoms with Crippen molar-refractivity contribution >= 4 is 17.7 Å². The molecular formula is C15H19NOS. The Balaban J connectivity index is 2.06. The van der Waals surface area contributed by atoms with Gasteiger partial charge in [0.05, 0.1) is 5.37 Å². The molecule has 1 saturated heterocycles. The van der Waals surface area contributed by atoms with E-state index in [1.807, 2.05) is 30.0 Å². The van der Waals surface area contributed by atoms with Crippen molar-refractivity contribution in [3.63, 3.8) is 0 Å². The molecule has 2 aliphatic rings. The summed E-state index contributed by atoms with van der Waals surface area (Å²) in [5.41, 5.74) is 2.13. The molecule has 1 amide bonds. The average Bonchev–Trinajstić information content (AvgIpc) is 2.81. The Kier molecular flexibility index (Phi) is 2.89. The second kappa shape index (κ2) is 4.30. The molecule has 0 saturated carbocycles. The van der Waals surface area contributed by atoms with E-state index >= 15 is 0 Å². The summed E-state index contributed by atoms with van der Waals surface area (Å²) in [7, 11) is 0. The van der Waals surface area contributed by atoms with Gasteiger partial charge in [0.1, 0.15) is 0 Å². The van der Waals surface area contributed by atoms with Gasteiger partial charge in [0.15, 0.2) is 0 Å². The second-order valence-electron chi connectivity index (χ2n) is 5.62. The molecular weight excluding hydrogens is 242 g/mol. The standard InChI is InChI=1S/C15H19NOS/c1-9(2)13-8-18-15-10(3)11-6-4-5-7-12(11)14(17)16(13)15/h4-7,9-10,13,15H,8H2,1-3H3/t10-,13-,15-/m1/s1. The van der Waals surface area contributed by atoms with Gasteiger partial charge in [-0.1, -0.05) is 39.0 Å². The minimum Gasteiger partial charge on any atom is -0.322 e. The highest BCUT2D eigenvalue weighted by atomic mass is 32.2. The third kappa shape index (κ3) is 1.60. The van der Waals surface area contributed by atoms with E-state index in [1.165, 1.54) is 5.56 Å². The highest BCUT2D eigenvalue weighted by Gasteiger charge is 2.46. The average molecular weight is 261 g/mol. The molecule has 0 N–H and O–H groups in total. The molecule has 96 valence electrons. The summed E-state index contributed by atoms with van der Waals surface area (Å²) in [6, 6.07) is 8.49. The fraction of sp³-hybridized carbons (Fsp3) is 0.533. The van der Waals surface area contributed by atoms with Crippen LogP contribution in [-0.2, 0) is 0 Å². The molecule has 0 aromatic heterocycles. The SMILES string of the molecule is CC(C)[C@H]1CS[C@@H]2[C@H](C)c3ccccc3C(=O)N12. The first-order valence-electron chi connectivity index (χ1n) is 6.64. The molecule has 0 radical (unpaired) electrons. The van der Waals surface area contributed by atoms with Gasteiger partial charge in [-0.25, -0.2) is 0 Å². The van der Waals surface area contributed by atoms with Crippen LogP contribution in [0.15, 0.2) is 24.3 Å². The number of hydrogen-bond donors (Lipinski definition) is 0. The van der Waals surface area contributed by atoms with Gasteiger partial charge >= 0.3 is 0 Å². The van der Waals surface area contributed by atoms with Crippen molar-refractivity contribution in [3.8, 4) is 0 Å². The van der Waals surface area contributed by atoms with E-state index in [0.717, 1.165) is 11.3 Å². The van der Waals surface area contributed by atoms with E-state index in [0.29, 0.717) is 23.3 Å². The van der Waals surface area contributed by atoms with E-state index in [-0.39, 0.29) is 5.91 Å². The van der Waals surface area contributed by atoms with Crippen molar-refractivity contribution in [1.29, 1.82) is 0 Å². The first-order valence-corrected chi connectivity index (χ1v) is 7.69. The fourth-order valence-corrected chi connectivity index (χ4v) is 4.88. The lowest BCUT2D eigenvalue weighted by molar-refractivity contribution is 0.0606. The molecule has 3 atom stereocenters. The van der Waals surface area contributed by atoms with Crippen molar-refractivity contribution in [2.45, 2.75) is 38.1 Å². The van der Waals surface area contributed by atoms with Crippen LogP contribution in [0.5, 0.6) is 0 Å². The van der Waals surface area contributed by atoms with Gasteiger partial charge < -0.3 is 4.90 Å². The largest absolute Gasteiger partial charge is 0.322 e. The molecule has 3 heteroatoms. The monoisotopic (exact) mass is 261 g/mol. The number of carbonyl (C=O) groups is 1. The zero-order valence-corrected chi connectivity index (χ0v) is 11.9. The van der Waals surface area contributed by atoms with Crippen LogP contribution in [0.25, 0.3) is 0 Å². The lowest BCUT2D eigenvalue weighted by Gasteiger charge is -2.39. The topological polar surface area (TPSA) is 20.3 Å². The molecule has 0 aliphatic carbocycles. The van der Waals surface area contributed by atoms with Gasteiger partial charge in [0.25, 0.3) is 5.91 Å². The van der Waals surface area contributed by atoms with Gasteiger partial charge in [0, 0.05) is 23.3 Å². The van der Waals surface area contributed by atoms with E-state index in [1.54, 1.807) is 0 Å². The first-order chi connectivity index (χ1) is 8.61. The molecule has 3 rings (SSSR count). The van der Waals surface area contributed by atoms with Crippen LogP contribution >= 0.6 is 11.8 Å². The number of fused-ring (bicyclic) bond motifs is 2. The molecule has 1 fully saturated rings. The minimum absolute atomic E-state index is 0.234. The van der Waals surface area contributed by atoms with Crippen LogP contribution < -0.4 is 0 Å². The van der Waals surface area contributed by atoms with Crippen molar-refractivity contribution in [3.05, 3.63) is 35.4 Å². The summed E-state index contributed by atoms with van der Waals surface area (Å²) in [6.45, 7) is 6.68. The van der Waals surface area contributed by atoms with Crippen LogP contribution in [-0.4, -0.2) is 28.0 Å². The summed E-state index contributed by atoms with van der Waals surface area (Å²) in [4.78, 5) is 14.8. The Hall–Kier alpha value is -0.960. The normalized spacial score (nSPS) is 30.6. The number of benzene rings is 1. The summed E-state index contributed by atoms with van der Waals surface area (Å²) < 4.78 is 0. The van der Waals surface area contributed by atoms with Crippen LogP contribution in [0.4, 0.5) is 0 Å². The molecule has 0 spiro atoms. The van der Waals surface area contributed by atoms with Gasteiger partial charge in [-0.2, -0.15) is 0 Å². The quantitative estimate of drug-likeness (QED) is 0.772. The van der Waals surface area contributed by atoms with E-state index < -0.39 is 0 Å².